The molecule has 1 aliphatic heterocycles. The van der Waals surface area contributed by atoms with E-state index in [1.165, 1.54) is 12.5 Å². The summed E-state index contributed by atoms with van der Waals surface area (Å²) in [6.45, 7) is 1.98. The van der Waals surface area contributed by atoms with Crippen LogP contribution in [0.5, 0.6) is 11.5 Å². The lowest BCUT2D eigenvalue weighted by Gasteiger charge is -2.11. The second-order valence-electron chi connectivity index (χ2n) is 2.38. The molecule has 0 N–H and O–H groups in total. The third kappa shape index (κ3) is 1.07. The summed E-state index contributed by atoms with van der Waals surface area (Å²) in [4.78, 5) is 0. The van der Waals surface area contributed by atoms with Gasteiger partial charge in [-0.05, 0) is 24.6 Å². The summed E-state index contributed by atoms with van der Waals surface area (Å²) in [5, 5.41) is 0. The zero-order valence-corrected chi connectivity index (χ0v) is 6.13. The van der Waals surface area contributed by atoms with Gasteiger partial charge in [-0.1, -0.05) is 0 Å². The number of hydrogen-bond donors (Lipinski definition) is 0. The molecule has 0 aromatic heterocycles. The van der Waals surface area contributed by atoms with Crippen molar-refractivity contribution in [1.82, 2.24) is 0 Å². The summed E-state index contributed by atoms with van der Waals surface area (Å²) in [6, 6.07) is 6.73. The first-order valence-electron chi connectivity index (χ1n) is 3.37. The van der Waals surface area contributed by atoms with Gasteiger partial charge in [0.05, 0.1) is 0 Å². The molecule has 2 heteroatoms. The Labute approximate surface area is 65.1 Å². The van der Waals surface area contributed by atoms with Crippen molar-refractivity contribution in [2.75, 3.05) is 0 Å². The van der Waals surface area contributed by atoms with Crippen LogP contribution < -0.4 is 9.47 Å². The highest BCUT2D eigenvalue weighted by Gasteiger charge is 2.06. The van der Waals surface area contributed by atoms with Gasteiger partial charge in [0.2, 0.25) is 0 Å². The maximum atomic E-state index is 5.17. The quantitative estimate of drug-likeness (QED) is 0.559. The van der Waals surface area contributed by atoms with Crippen LogP contribution in [0, 0.1) is 13.0 Å². The Morgan fingerprint density at radius 2 is 2.09 bits per heavy atom. The van der Waals surface area contributed by atoms with Gasteiger partial charge < -0.3 is 9.47 Å². The smallest absolute Gasteiger partial charge is 0.177 e. The highest BCUT2D eigenvalue weighted by molar-refractivity contribution is 5.43. The van der Waals surface area contributed by atoms with E-state index in [4.69, 9.17) is 9.47 Å². The molecule has 0 fully saturated rings. The third-order valence-corrected chi connectivity index (χ3v) is 1.45. The molecule has 0 saturated carbocycles. The first-order chi connectivity index (χ1) is 5.36. The first-order valence-corrected chi connectivity index (χ1v) is 3.37. The molecule has 0 bridgehead atoms. The minimum Gasteiger partial charge on any atom is -0.458 e. The van der Waals surface area contributed by atoms with Crippen molar-refractivity contribution in [3.05, 3.63) is 36.3 Å². The predicted molar refractivity (Wildman–Crippen MR) is 40.4 cm³/mol. The fourth-order valence-corrected chi connectivity index (χ4v) is 0.941. The van der Waals surface area contributed by atoms with E-state index in [-0.39, 0.29) is 0 Å². The third-order valence-electron chi connectivity index (χ3n) is 1.45. The van der Waals surface area contributed by atoms with Gasteiger partial charge in [-0.25, -0.2) is 0 Å². The molecule has 1 heterocycles. The van der Waals surface area contributed by atoms with Crippen molar-refractivity contribution >= 4 is 0 Å². The van der Waals surface area contributed by atoms with E-state index < -0.39 is 0 Å². The van der Waals surface area contributed by atoms with Crippen LogP contribution in [-0.2, 0) is 0 Å². The zero-order valence-electron chi connectivity index (χ0n) is 6.13. The average Bonchev–Trinajstić information content (AvgIpc) is 2.04. The van der Waals surface area contributed by atoms with Crippen LogP contribution in [0.1, 0.15) is 5.56 Å². The molecule has 0 unspecified atom stereocenters. The Morgan fingerprint density at radius 1 is 1.27 bits per heavy atom. The highest BCUT2D eigenvalue weighted by atomic mass is 16.5. The van der Waals surface area contributed by atoms with Crippen LogP contribution in [-0.4, -0.2) is 0 Å². The second kappa shape index (κ2) is 2.31. The molecule has 0 aliphatic carbocycles. The molecule has 0 amide bonds. The van der Waals surface area contributed by atoms with Gasteiger partial charge in [0.25, 0.3) is 0 Å². The van der Waals surface area contributed by atoms with E-state index in [0.29, 0.717) is 5.75 Å². The molecular formula is C9H7O2. The van der Waals surface area contributed by atoms with Gasteiger partial charge >= 0.3 is 0 Å². The van der Waals surface area contributed by atoms with Crippen molar-refractivity contribution < 1.29 is 9.47 Å². The monoisotopic (exact) mass is 147 g/mol. The first kappa shape index (κ1) is 6.28. The molecular weight excluding hydrogens is 140 g/mol. The number of benzene rings is 1. The van der Waals surface area contributed by atoms with E-state index in [0.717, 1.165) is 11.3 Å². The molecule has 11 heavy (non-hydrogen) atoms. The number of hydrogen-bond acceptors (Lipinski definition) is 2. The summed E-state index contributed by atoms with van der Waals surface area (Å²) >= 11 is 0. The van der Waals surface area contributed by atoms with Gasteiger partial charge in [0.15, 0.2) is 11.5 Å². The largest absolute Gasteiger partial charge is 0.458 e. The Bertz CT molecular complexity index is 302. The van der Waals surface area contributed by atoms with Crippen LogP contribution in [0.2, 0.25) is 0 Å². The minimum absolute atomic E-state index is 0.651. The maximum absolute atomic E-state index is 5.17. The van der Waals surface area contributed by atoms with Crippen LogP contribution >= 0.6 is 0 Å². The predicted octanol–water partition coefficient (Wildman–Crippen LogP) is 2.04. The molecule has 1 aromatic rings. The molecule has 0 spiro atoms. The molecule has 55 valence electrons. The topological polar surface area (TPSA) is 18.5 Å². The Morgan fingerprint density at radius 3 is 3.00 bits per heavy atom. The highest BCUT2D eigenvalue weighted by Crippen LogP contribution is 2.29. The molecule has 2 nitrogen and oxygen atoms in total. The molecule has 0 atom stereocenters. The van der Waals surface area contributed by atoms with Crippen molar-refractivity contribution in [3.63, 3.8) is 0 Å². The van der Waals surface area contributed by atoms with E-state index in [2.05, 4.69) is 6.07 Å². The normalized spacial score (nSPS) is 13.2. The van der Waals surface area contributed by atoms with Crippen LogP contribution in [0.3, 0.4) is 0 Å². The fraction of sp³-hybridized carbons (Fsp3) is 0.111. The standard InChI is InChI=1S/C9H7O2/c1-7-2-3-8-9(6-7)11-5-4-10-8/h2,4-6H,1H3. The number of fused-ring (bicyclic) bond motifs is 1. The van der Waals surface area contributed by atoms with Crippen molar-refractivity contribution in [3.8, 4) is 11.5 Å². The van der Waals surface area contributed by atoms with Crippen molar-refractivity contribution in [1.29, 1.82) is 0 Å². The van der Waals surface area contributed by atoms with Crippen molar-refractivity contribution in [2.24, 2.45) is 0 Å². The average molecular weight is 147 g/mol. The lowest BCUT2D eigenvalue weighted by molar-refractivity contribution is 0.361. The Balaban J connectivity index is 2.48. The van der Waals surface area contributed by atoms with Crippen LogP contribution in [0.25, 0.3) is 0 Å². The van der Waals surface area contributed by atoms with Crippen molar-refractivity contribution in [2.45, 2.75) is 6.92 Å². The van der Waals surface area contributed by atoms with Gasteiger partial charge in [-0.3, -0.25) is 0 Å². The van der Waals surface area contributed by atoms with E-state index in [1.54, 1.807) is 0 Å². The molecule has 0 saturated heterocycles. The molecule has 1 aliphatic rings. The summed E-state index contributed by atoms with van der Waals surface area (Å²) < 4.78 is 10.3. The van der Waals surface area contributed by atoms with Gasteiger partial charge in [-0.2, -0.15) is 0 Å². The SMILES string of the molecule is Cc1c[c]c2c(c1)OC=CO2. The second-order valence-corrected chi connectivity index (χ2v) is 2.38. The van der Waals surface area contributed by atoms with Crippen LogP contribution in [0.15, 0.2) is 24.7 Å². The van der Waals surface area contributed by atoms with Gasteiger partial charge in [-0.15, -0.1) is 0 Å². The van der Waals surface area contributed by atoms with E-state index in [1.807, 2.05) is 19.1 Å². The lowest BCUT2D eigenvalue weighted by atomic mass is 10.2. The van der Waals surface area contributed by atoms with E-state index >= 15 is 0 Å². The van der Waals surface area contributed by atoms with Crippen LogP contribution in [0.4, 0.5) is 0 Å². The zero-order chi connectivity index (χ0) is 7.68. The summed E-state index contributed by atoms with van der Waals surface area (Å²) in [5.74, 6) is 1.38. The Kier molecular flexibility index (Phi) is 1.32. The number of rotatable bonds is 0. The summed E-state index contributed by atoms with van der Waals surface area (Å²) in [5.41, 5.74) is 1.11. The molecule has 2 rings (SSSR count). The summed E-state index contributed by atoms with van der Waals surface area (Å²) in [6.07, 6.45) is 3.00. The lowest BCUT2D eigenvalue weighted by Crippen LogP contribution is -1.95. The van der Waals surface area contributed by atoms with Gasteiger partial charge in [0, 0.05) is 6.07 Å². The molecule has 1 aromatic carbocycles. The maximum Gasteiger partial charge on any atom is 0.177 e. The fourth-order valence-electron chi connectivity index (χ4n) is 0.941. The Hall–Kier alpha value is -1.44. The number of ether oxygens (including phenoxy) is 2. The molecule has 1 radical (unpaired) electrons. The van der Waals surface area contributed by atoms with E-state index in [9.17, 15) is 0 Å². The number of aryl methyl sites for hydroxylation is 1. The summed E-state index contributed by atoms with van der Waals surface area (Å²) in [7, 11) is 0. The minimum atomic E-state index is 0.651. The van der Waals surface area contributed by atoms with Gasteiger partial charge in [0.1, 0.15) is 12.5 Å².